The Labute approximate surface area is 288 Å². The summed E-state index contributed by atoms with van der Waals surface area (Å²) >= 11 is 0. The second-order valence-corrected chi connectivity index (χ2v) is 11.7. The standard InChI is InChI=1S/2C19H18F2NO.Ti/c2*20-15-11-12-18(17(21)13-15)22(16-9-5-2-6-10-16)19(23)14-7-3-1-4-8-14;/h2*1,3-4,7-8,11-12,16H,2,5-6,9-10H2;/q2*-1;+2. The van der Waals surface area contributed by atoms with Gasteiger partial charge in [0.1, 0.15) is 0 Å². The first kappa shape index (κ1) is 36.1. The van der Waals surface area contributed by atoms with Crippen LogP contribution in [0.3, 0.4) is 0 Å². The molecule has 0 heterocycles. The maximum absolute atomic E-state index is 14.2. The summed E-state index contributed by atoms with van der Waals surface area (Å²) in [5.41, 5.74) is 1.21. The van der Waals surface area contributed by atoms with Crippen molar-refractivity contribution in [3.63, 3.8) is 0 Å². The molecule has 0 N–H and O–H groups in total. The Kier molecular flexibility index (Phi) is 13.4. The quantitative estimate of drug-likeness (QED) is 0.116. The molecule has 0 aromatic heterocycles. The minimum Gasteiger partial charge on any atom is -0.357 e. The van der Waals surface area contributed by atoms with Crippen LogP contribution in [0.15, 0.2) is 84.9 Å². The molecule has 2 aliphatic rings. The predicted molar refractivity (Wildman–Crippen MR) is 171 cm³/mol. The molecular weight excluding hydrogens is 640 g/mol. The Balaban J connectivity index is 0.000000208. The van der Waals surface area contributed by atoms with Gasteiger partial charge >= 0.3 is 21.7 Å². The van der Waals surface area contributed by atoms with Crippen LogP contribution >= 0.6 is 0 Å². The molecule has 2 saturated carbocycles. The van der Waals surface area contributed by atoms with Crippen molar-refractivity contribution in [3.8, 4) is 0 Å². The minimum atomic E-state index is -0.820. The molecule has 2 fully saturated rings. The molecule has 6 rings (SSSR count). The molecule has 9 heteroatoms. The van der Waals surface area contributed by atoms with Gasteiger partial charge in [-0.05, 0) is 61.3 Å². The van der Waals surface area contributed by atoms with E-state index in [4.69, 9.17) is 0 Å². The van der Waals surface area contributed by atoms with Crippen molar-refractivity contribution >= 4 is 23.2 Å². The van der Waals surface area contributed by atoms with Gasteiger partial charge in [0, 0.05) is 46.5 Å². The summed E-state index contributed by atoms with van der Waals surface area (Å²) in [6.45, 7) is 0. The van der Waals surface area contributed by atoms with Gasteiger partial charge in [-0.15, -0.1) is 36.4 Å². The molecule has 2 aliphatic carbocycles. The normalized spacial score (nSPS) is 15.1. The zero-order valence-electron chi connectivity index (χ0n) is 26.0. The van der Waals surface area contributed by atoms with Gasteiger partial charge in [-0.2, -0.15) is 0 Å². The molecule has 0 bridgehead atoms. The summed E-state index contributed by atoms with van der Waals surface area (Å²) in [4.78, 5) is 28.8. The average molecular weight is 677 g/mol. The van der Waals surface area contributed by atoms with Crippen LogP contribution in [-0.4, -0.2) is 23.9 Å². The molecule has 47 heavy (non-hydrogen) atoms. The van der Waals surface area contributed by atoms with Crippen LogP contribution in [0.25, 0.3) is 0 Å². The topological polar surface area (TPSA) is 40.6 Å². The molecule has 0 atom stereocenters. The molecule has 0 unspecified atom stereocenters. The van der Waals surface area contributed by atoms with Crippen LogP contribution in [0.4, 0.5) is 28.9 Å². The third-order valence-electron chi connectivity index (χ3n) is 8.56. The first-order valence-corrected chi connectivity index (χ1v) is 15.9. The first-order chi connectivity index (χ1) is 22.3. The van der Waals surface area contributed by atoms with Crippen molar-refractivity contribution in [1.29, 1.82) is 0 Å². The van der Waals surface area contributed by atoms with Crippen LogP contribution in [-0.2, 0) is 21.7 Å². The summed E-state index contributed by atoms with van der Waals surface area (Å²) in [5, 5.41) is 0. The summed E-state index contributed by atoms with van der Waals surface area (Å²) in [6, 6.07) is 26.5. The predicted octanol–water partition coefficient (Wildman–Crippen LogP) is 9.49. The summed E-state index contributed by atoms with van der Waals surface area (Å²) in [7, 11) is 0. The minimum absolute atomic E-state index is 0. The van der Waals surface area contributed by atoms with Crippen LogP contribution in [0.1, 0.15) is 84.9 Å². The van der Waals surface area contributed by atoms with Gasteiger partial charge in [0.2, 0.25) is 11.8 Å². The smallest absolute Gasteiger partial charge is 0.357 e. The Morgan fingerprint density at radius 2 is 0.851 bits per heavy atom. The number of hydrogen-bond donors (Lipinski definition) is 0. The fourth-order valence-electron chi connectivity index (χ4n) is 6.31. The zero-order valence-corrected chi connectivity index (χ0v) is 27.6. The van der Waals surface area contributed by atoms with E-state index in [-0.39, 0.29) is 57.0 Å². The number of benzene rings is 4. The Morgan fingerprint density at radius 1 is 0.511 bits per heavy atom. The van der Waals surface area contributed by atoms with Crippen molar-refractivity contribution in [1.82, 2.24) is 0 Å². The number of hydrogen-bond acceptors (Lipinski definition) is 2. The number of amides is 2. The van der Waals surface area contributed by atoms with E-state index in [0.29, 0.717) is 11.1 Å². The van der Waals surface area contributed by atoms with E-state index in [1.54, 1.807) is 48.5 Å². The van der Waals surface area contributed by atoms with Crippen molar-refractivity contribution in [2.75, 3.05) is 9.80 Å². The Bertz CT molecular complexity index is 1490. The second kappa shape index (κ2) is 17.4. The molecule has 242 valence electrons. The number of halogens is 4. The van der Waals surface area contributed by atoms with Crippen LogP contribution in [0.5, 0.6) is 0 Å². The number of rotatable bonds is 6. The van der Waals surface area contributed by atoms with Gasteiger partial charge < -0.3 is 9.80 Å². The van der Waals surface area contributed by atoms with Crippen molar-refractivity contribution in [3.05, 3.63) is 131 Å². The van der Waals surface area contributed by atoms with E-state index >= 15 is 0 Å². The molecule has 4 nitrogen and oxygen atoms in total. The average Bonchev–Trinajstić information content (AvgIpc) is 3.09. The molecule has 4 aromatic carbocycles. The van der Waals surface area contributed by atoms with Gasteiger partial charge in [-0.25, -0.2) is 17.6 Å². The Morgan fingerprint density at radius 3 is 1.17 bits per heavy atom. The van der Waals surface area contributed by atoms with E-state index in [1.807, 2.05) is 24.3 Å². The van der Waals surface area contributed by atoms with Crippen molar-refractivity contribution < 1.29 is 48.9 Å². The summed E-state index contributed by atoms with van der Waals surface area (Å²) in [6.07, 6.45) is 9.61. The molecule has 2 amide bonds. The van der Waals surface area contributed by atoms with Gasteiger partial charge in [-0.3, -0.25) is 9.59 Å². The fourth-order valence-corrected chi connectivity index (χ4v) is 6.31. The maximum atomic E-state index is 14.2. The van der Waals surface area contributed by atoms with E-state index in [2.05, 4.69) is 0 Å². The number of carbonyl (C=O) groups is 2. The van der Waals surface area contributed by atoms with Gasteiger partial charge in [0.25, 0.3) is 0 Å². The van der Waals surface area contributed by atoms with E-state index in [9.17, 15) is 27.2 Å². The molecule has 0 radical (unpaired) electrons. The van der Waals surface area contributed by atoms with Gasteiger partial charge in [0.15, 0.2) is 0 Å². The van der Waals surface area contributed by atoms with Crippen LogP contribution < -0.4 is 9.80 Å². The van der Waals surface area contributed by atoms with Gasteiger partial charge in [0.05, 0.1) is 0 Å². The zero-order chi connectivity index (χ0) is 32.5. The first-order valence-electron chi connectivity index (χ1n) is 15.9. The molecule has 4 aromatic rings. The van der Waals surface area contributed by atoms with Crippen LogP contribution in [0.2, 0.25) is 0 Å². The number of nitrogens with zero attached hydrogens (tertiary/aromatic N) is 2. The van der Waals surface area contributed by atoms with Crippen LogP contribution in [0, 0.1) is 35.4 Å². The largest absolute Gasteiger partial charge is 2.00 e. The summed E-state index contributed by atoms with van der Waals surface area (Å²) in [5.74, 6) is -3.67. The summed E-state index contributed by atoms with van der Waals surface area (Å²) < 4.78 is 54.8. The second-order valence-electron chi connectivity index (χ2n) is 11.7. The van der Waals surface area contributed by atoms with E-state index in [1.165, 1.54) is 21.9 Å². The number of anilines is 2. The van der Waals surface area contributed by atoms with Crippen molar-refractivity contribution in [2.45, 2.75) is 76.3 Å². The SMILES string of the molecule is O=C(c1ccccc1)N(c1ccc(F)[c-]c1F)C1CCCCC1.O=C(c1ccccc1)N(c1ccc(F)[c-]c1F)C1CCCCC1.[Ti+2]. The Hall–Kier alpha value is -3.75. The molecular formula is C38H36F4N2O2Ti. The molecule has 0 aliphatic heterocycles. The number of carbonyl (C=O) groups excluding carboxylic acids is 2. The van der Waals surface area contributed by atoms with E-state index in [0.717, 1.165) is 76.3 Å². The van der Waals surface area contributed by atoms with Gasteiger partial charge in [-0.1, -0.05) is 74.9 Å². The maximum Gasteiger partial charge on any atom is 2.00 e. The molecule has 0 saturated heterocycles. The fraction of sp³-hybridized carbons (Fsp3) is 0.316. The van der Waals surface area contributed by atoms with E-state index < -0.39 is 23.3 Å². The third-order valence-corrected chi connectivity index (χ3v) is 8.56. The monoisotopic (exact) mass is 676 g/mol. The van der Waals surface area contributed by atoms with Crippen molar-refractivity contribution in [2.24, 2.45) is 0 Å². The molecule has 0 spiro atoms. The third kappa shape index (κ3) is 9.20.